The Bertz CT molecular complexity index is 396. The van der Waals surface area contributed by atoms with Crippen molar-refractivity contribution in [1.82, 2.24) is 15.1 Å². The fourth-order valence-corrected chi connectivity index (χ4v) is 1.37. The molecule has 1 heterocycles. The molecule has 0 aliphatic heterocycles. The second-order valence-electron chi connectivity index (χ2n) is 3.58. The number of hydrogen-bond donors (Lipinski definition) is 2. The van der Waals surface area contributed by atoms with Gasteiger partial charge in [0.25, 0.3) is 6.43 Å². The standard InChI is InChI=1S/C10H15F2N3O3/c1-15-8(7(4-14-15)10(16)17)5-13-2-3-18-6-9(11)12/h4,9,13H,2-3,5-6H2,1H3,(H,16,17). The number of carbonyl (C=O) groups is 1. The molecule has 0 radical (unpaired) electrons. The molecule has 0 aromatic carbocycles. The molecule has 2 N–H and O–H groups in total. The molecule has 8 heteroatoms. The first kappa shape index (κ1) is 14.5. The van der Waals surface area contributed by atoms with E-state index < -0.39 is 19.0 Å². The van der Waals surface area contributed by atoms with Gasteiger partial charge in [-0.3, -0.25) is 4.68 Å². The van der Waals surface area contributed by atoms with Gasteiger partial charge in [-0.15, -0.1) is 0 Å². The Labute approximate surface area is 103 Å². The van der Waals surface area contributed by atoms with E-state index in [1.165, 1.54) is 10.9 Å². The second-order valence-corrected chi connectivity index (χ2v) is 3.58. The summed E-state index contributed by atoms with van der Waals surface area (Å²) in [6, 6.07) is 0. The number of nitrogens with zero attached hydrogens (tertiary/aromatic N) is 2. The summed E-state index contributed by atoms with van der Waals surface area (Å²) >= 11 is 0. The molecule has 6 nitrogen and oxygen atoms in total. The Morgan fingerprint density at radius 1 is 1.67 bits per heavy atom. The molecule has 1 rings (SSSR count). The number of aromatic carboxylic acids is 1. The summed E-state index contributed by atoms with van der Waals surface area (Å²) in [5.74, 6) is -1.05. The molecule has 0 atom stereocenters. The van der Waals surface area contributed by atoms with Gasteiger partial charge in [0.05, 0.1) is 18.5 Å². The van der Waals surface area contributed by atoms with Crippen LogP contribution in [-0.4, -0.2) is 47.0 Å². The van der Waals surface area contributed by atoms with E-state index in [1.807, 2.05) is 0 Å². The molecule has 0 saturated carbocycles. The zero-order chi connectivity index (χ0) is 13.5. The van der Waals surface area contributed by atoms with Crippen LogP contribution < -0.4 is 5.32 Å². The number of alkyl halides is 2. The first-order chi connectivity index (χ1) is 8.52. The Morgan fingerprint density at radius 2 is 2.39 bits per heavy atom. The third kappa shape index (κ3) is 4.38. The molecular weight excluding hydrogens is 248 g/mol. The maximum atomic E-state index is 11.7. The number of halogens is 2. The van der Waals surface area contributed by atoms with Crippen LogP contribution in [0.25, 0.3) is 0 Å². The van der Waals surface area contributed by atoms with Gasteiger partial charge in [0, 0.05) is 20.1 Å². The van der Waals surface area contributed by atoms with Crippen molar-refractivity contribution in [2.24, 2.45) is 7.05 Å². The van der Waals surface area contributed by atoms with Gasteiger partial charge in [0.1, 0.15) is 12.2 Å². The van der Waals surface area contributed by atoms with E-state index in [0.717, 1.165) is 0 Å². The summed E-state index contributed by atoms with van der Waals surface area (Å²) in [5.41, 5.74) is 0.648. The first-order valence-corrected chi connectivity index (χ1v) is 5.33. The highest BCUT2D eigenvalue weighted by Crippen LogP contribution is 2.06. The van der Waals surface area contributed by atoms with E-state index in [4.69, 9.17) is 5.11 Å². The average Bonchev–Trinajstić information content (AvgIpc) is 2.65. The van der Waals surface area contributed by atoms with Crippen LogP contribution in [-0.2, 0) is 18.3 Å². The number of aryl methyl sites for hydroxylation is 1. The van der Waals surface area contributed by atoms with Crippen LogP contribution in [0.1, 0.15) is 16.1 Å². The number of carboxylic acids is 1. The van der Waals surface area contributed by atoms with E-state index in [0.29, 0.717) is 12.2 Å². The largest absolute Gasteiger partial charge is 0.478 e. The molecule has 0 bridgehead atoms. The van der Waals surface area contributed by atoms with Crippen LogP contribution >= 0.6 is 0 Å². The van der Waals surface area contributed by atoms with Gasteiger partial charge in [-0.05, 0) is 0 Å². The molecule has 0 saturated heterocycles. The summed E-state index contributed by atoms with van der Waals surface area (Å²) in [4.78, 5) is 10.9. The number of nitrogens with one attached hydrogen (secondary N) is 1. The Balaban J connectivity index is 2.31. The van der Waals surface area contributed by atoms with Crippen LogP contribution in [0.2, 0.25) is 0 Å². The second kappa shape index (κ2) is 7.02. The lowest BCUT2D eigenvalue weighted by Gasteiger charge is -2.07. The van der Waals surface area contributed by atoms with Gasteiger partial charge in [-0.1, -0.05) is 0 Å². The van der Waals surface area contributed by atoms with Gasteiger partial charge in [0.15, 0.2) is 0 Å². The summed E-state index contributed by atoms with van der Waals surface area (Å²) in [5, 5.41) is 15.6. The van der Waals surface area contributed by atoms with Crippen molar-refractivity contribution in [1.29, 1.82) is 0 Å². The van der Waals surface area contributed by atoms with Gasteiger partial charge >= 0.3 is 5.97 Å². The summed E-state index contributed by atoms with van der Waals surface area (Å²) in [6.07, 6.45) is -1.20. The third-order valence-corrected chi connectivity index (χ3v) is 2.25. The van der Waals surface area contributed by atoms with E-state index in [2.05, 4.69) is 15.2 Å². The topological polar surface area (TPSA) is 76.4 Å². The first-order valence-electron chi connectivity index (χ1n) is 5.33. The minimum Gasteiger partial charge on any atom is -0.478 e. The smallest absolute Gasteiger partial charge is 0.339 e. The molecule has 0 aliphatic carbocycles. The Morgan fingerprint density at radius 3 is 3.00 bits per heavy atom. The molecule has 0 amide bonds. The molecule has 1 aromatic heterocycles. The fraction of sp³-hybridized carbons (Fsp3) is 0.600. The Hall–Kier alpha value is -1.54. The van der Waals surface area contributed by atoms with Crippen molar-refractivity contribution in [3.8, 4) is 0 Å². The molecule has 1 aromatic rings. The predicted molar refractivity (Wildman–Crippen MR) is 58.7 cm³/mol. The maximum Gasteiger partial charge on any atom is 0.339 e. The van der Waals surface area contributed by atoms with Crippen molar-refractivity contribution in [3.05, 3.63) is 17.5 Å². The van der Waals surface area contributed by atoms with Crippen LogP contribution in [0.4, 0.5) is 8.78 Å². The normalized spacial score (nSPS) is 11.1. The molecule has 0 unspecified atom stereocenters. The fourth-order valence-electron chi connectivity index (χ4n) is 1.37. The highest BCUT2D eigenvalue weighted by molar-refractivity contribution is 5.88. The monoisotopic (exact) mass is 263 g/mol. The van der Waals surface area contributed by atoms with E-state index in [9.17, 15) is 13.6 Å². The molecule has 18 heavy (non-hydrogen) atoms. The zero-order valence-corrected chi connectivity index (χ0v) is 9.90. The quantitative estimate of drug-likeness (QED) is 0.667. The number of carboxylic acid groups (broad SMARTS) is 1. The minimum atomic E-state index is -2.47. The van der Waals surface area contributed by atoms with Crippen molar-refractivity contribution in [2.45, 2.75) is 13.0 Å². The highest BCUT2D eigenvalue weighted by Gasteiger charge is 2.14. The lowest BCUT2D eigenvalue weighted by molar-refractivity contribution is 0.0186. The molecule has 102 valence electrons. The number of ether oxygens (including phenoxy) is 1. The van der Waals surface area contributed by atoms with Gasteiger partial charge in [-0.2, -0.15) is 5.10 Å². The average molecular weight is 263 g/mol. The summed E-state index contributed by atoms with van der Waals surface area (Å²) in [6.45, 7) is 0.200. The lowest BCUT2D eigenvalue weighted by atomic mass is 10.2. The van der Waals surface area contributed by atoms with E-state index in [-0.39, 0.29) is 18.7 Å². The number of aromatic nitrogens is 2. The maximum absolute atomic E-state index is 11.7. The van der Waals surface area contributed by atoms with Crippen LogP contribution in [0.5, 0.6) is 0 Å². The van der Waals surface area contributed by atoms with Crippen molar-refractivity contribution >= 4 is 5.97 Å². The molecule has 0 spiro atoms. The minimum absolute atomic E-state index is 0.124. The predicted octanol–water partition coefficient (Wildman–Crippen LogP) is 0.490. The zero-order valence-electron chi connectivity index (χ0n) is 9.90. The number of rotatable bonds is 8. The number of hydrogen-bond acceptors (Lipinski definition) is 4. The third-order valence-electron chi connectivity index (χ3n) is 2.25. The van der Waals surface area contributed by atoms with Gasteiger partial charge in [0.2, 0.25) is 0 Å². The molecule has 0 aliphatic rings. The van der Waals surface area contributed by atoms with Gasteiger partial charge in [-0.25, -0.2) is 13.6 Å². The SMILES string of the molecule is Cn1ncc(C(=O)O)c1CNCCOCC(F)F. The summed E-state index contributed by atoms with van der Waals surface area (Å²) < 4.78 is 29.6. The Kier molecular flexibility index (Phi) is 5.66. The molecule has 0 fully saturated rings. The van der Waals surface area contributed by atoms with Crippen molar-refractivity contribution < 1.29 is 23.4 Å². The van der Waals surface area contributed by atoms with E-state index in [1.54, 1.807) is 7.05 Å². The van der Waals surface area contributed by atoms with Crippen LogP contribution in [0.15, 0.2) is 6.20 Å². The lowest BCUT2D eigenvalue weighted by Crippen LogP contribution is -2.23. The van der Waals surface area contributed by atoms with E-state index >= 15 is 0 Å². The summed E-state index contributed by atoms with van der Waals surface area (Å²) in [7, 11) is 1.64. The van der Waals surface area contributed by atoms with Gasteiger partial charge < -0.3 is 15.2 Å². The van der Waals surface area contributed by atoms with Crippen LogP contribution in [0.3, 0.4) is 0 Å². The van der Waals surface area contributed by atoms with Crippen molar-refractivity contribution in [3.63, 3.8) is 0 Å². The van der Waals surface area contributed by atoms with Crippen molar-refractivity contribution in [2.75, 3.05) is 19.8 Å². The highest BCUT2D eigenvalue weighted by atomic mass is 19.3. The van der Waals surface area contributed by atoms with Crippen LogP contribution in [0, 0.1) is 0 Å². The molecular formula is C10H15F2N3O3.